The predicted octanol–water partition coefficient (Wildman–Crippen LogP) is 2.92. The lowest BCUT2D eigenvalue weighted by Crippen LogP contribution is -1.83. The van der Waals surface area contributed by atoms with Crippen LogP contribution in [-0.2, 0) is 0 Å². The summed E-state index contributed by atoms with van der Waals surface area (Å²) >= 11 is 0. The van der Waals surface area contributed by atoms with Crippen molar-refractivity contribution in [1.82, 2.24) is 0 Å². The highest BCUT2D eigenvalue weighted by molar-refractivity contribution is 5.33. The quantitative estimate of drug-likeness (QED) is 0.501. The van der Waals surface area contributed by atoms with Crippen LogP contribution < -0.4 is 0 Å². The van der Waals surface area contributed by atoms with Gasteiger partial charge in [0, 0.05) is 0 Å². The maximum Gasteiger partial charge on any atom is -0.00454 e. The molecule has 0 heteroatoms. The van der Waals surface area contributed by atoms with Gasteiger partial charge in [0.05, 0.1) is 0 Å². The van der Waals surface area contributed by atoms with Gasteiger partial charge < -0.3 is 0 Å². The third-order valence-electron chi connectivity index (χ3n) is 2.00. The second-order valence-corrected chi connectivity index (χ2v) is 2.77. The van der Waals surface area contributed by atoms with Crippen molar-refractivity contribution in [3.63, 3.8) is 0 Å². The van der Waals surface area contributed by atoms with Crippen molar-refractivity contribution >= 4 is 0 Å². The predicted molar refractivity (Wildman–Crippen MR) is 41.3 cm³/mol. The van der Waals surface area contributed by atoms with Gasteiger partial charge in [-0.2, -0.15) is 0 Å². The summed E-state index contributed by atoms with van der Waals surface area (Å²) in [6, 6.07) is 0. The zero-order valence-corrected chi connectivity index (χ0v) is 6.44. The van der Waals surface area contributed by atoms with Crippen molar-refractivity contribution in [2.75, 3.05) is 0 Å². The summed E-state index contributed by atoms with van der Waals surface area (Å²) < 4.78 is 0. The van der Waals surface area contributed by atoms with Crippen molar-refractivity contribution in [3.8, 4) is 0 Å². The summed E-state index contributed by atoms with van der Waals surface area (Å²) in [6.45, 7) is 6.64. The molecule has 0 spiro atoms. The molecule has 0 radical (unpaired) electrons. The van der Waals surface area contributed by atoms with Gasteiger partial charge in [-0.15, -0.1) is 0 Å². The lowest BCUT2D eigenvalue weighted by molar-refractivity contribution is 0.879. The van der Waals surface area contributed by atoms with Crippen LogP contribution in [0.25, 0.3) is 0 Å². The zero-order chi connectivity index (χ0) is 6.85. The van der Waals surface area contributed by atoms with Crippen LogP contribution >= 0.6 is 0 Å². The molecule has 0 fully saturated rings. The molecule has 0 saturated carbocycles. The molecule has 1 rings (SSSR count). The first-order valence-electron chi connectivity index (χ1n) is 3.63. The SMILES string of the molecule is CCC1=C[C@@H](C)C(C)=C1. The molecule has 0 heterocycles. The molecule has 0 N–H and O–H groups in total. The van der Waals surface area contributed by atoms with Crippen LogP contribution in [0.4, 0.5) is 0 Å². The second kappa shape index (κ2) is 2.38. The highest BCUT2D eigenvalue weighted by atomic mass is 14.1. The Morgan fingerprint density at radius 2 is 2.22 bits per heavy atom. The minimum atomic E-state index is 0.694. The first-order valence-corrected chi connectivity index (χ1v) is 3.63. The van der Waals surface area contributed by atoms with Gasteiger partial charge in [-0.3, -0.25) is 0 Å². The molecular weight excluding hydrogens is 108 g/mol. The van der Waals surface area contributed by atoms with Crippen LogP contribution in [0.5, 0.6) is 0 Å². The highest BCUT2D eigenvalue weighted by Crippen LogP contribution is 2.24. The third kappa shape index (κ3) is 1.24. The van der Waals surface area contributed by atoms with Gasteiger partial charge in [-0.05, 0) is 19.3 Å². The molecule has 0 bridgehead atoms. The zero-order valence-electron chi connectivity index (χ0n) is 6.44. The van der Waals surface area contributed by atoms with Crippen molar-refractivity contribution < 1.29 is 0 Å². The van der Waals surface area contributed by atoms with Gasteiger partial charge in [-0.25, -0.2) is 0 Å². The fourth-order valence-corrected chi connectivity index (χ4v) is 1.14. The Kier molecular flexibility index (Phi) is 1.75. The normalized spacial score (nSPS) is 25.9. The van der Waals surface area contributed by atoms with E-state index in [0.29, 0.717) is 5.92 Å². The van der Waals surface area contributed by atoms with Gasteiger partial charge in [0.2, 0.25) is 0 Å². The van der Waals surface area contributed by atoms with Crippen LogP contribution in [0.1, 0.15) is 27.2 Å². The monoisotopic (exact) mass is 122 g/mol. The standard InChI is InChI=1S/C9H14/c1-4-9-5-7(2)8(3)6-9/h5-7H,4H2,1-3H3/t7-/m1/s1. The molecular formula is C9H14. The topological polar surface area (TPSA) is 0 Å². The number of hydrogen-bond donors (Lipinski definition) is 0. The van der Waals surface area contributed by atoms with Crippen LogP contribution in [-0.4, -0.2) is 0 Å². The Morgan fingerprint density at radius 1 is 1.56 bits per heavy atom. The molecule has 0 aromatic carbocycles. The van der Waals surface area contributed by atoms with E-state index in [9.17, 15) is 0 Å². The van der Waals surface area contributed by atoms with E-state index in [2.05, 4.69) is 32.9 Å². The summed E-state index contributed by atoms with van der Waals surface area (Å²) in [4.78, 5) is 0. The molecule has 1 aliphatic rings. The van der Waals surface area contributed by atoms with Crippen LogP contribution in [0.3, 0.4) is 0 Å². The Labute approximate surface area is 57.3 Å². The minimum Gasteiger partial charge on any atom is -0.0744 e. The average molecular weight is 122 g/mol. The highest BCUT2D eigenvalue weighted by Gasteiger charge is 2.07. The molecule has 0 nitrogen and oxygen atoms in total. The van der Waals surface area contributed by atoms with Gasteiger partial charge in [0.15, 0.2) is 0 Å². The van der Waals surface area contributed by atoms with Crippen LogP contribution in [0, 0.1) is 5.92 Å². The van der Waals surface area contributed by atoms with Gasteiger partial charge >= 0.3 is 0 Å². The molecule has 1 atom stereocenters. The fraction of sp³-hybridized carbons (Fsp3) is 0.556. The van der Waals surface area contributed by atoms with E-state index in [0.717, 1.165) is 0 Å². The smallest absolute Gasteiger partial charge is 0.00454 e. The van der Waals surface area contributed by atoms with Crippen LogP contribution in [0.15, 0.2) is 23.3 Å². The summed E-state index contributed by atoms with van der Waals surface area (Å²) in [5.74, 6) is 0.694. The Morgan fingerprint density at radius 3 is 2.44 bits per heavy atom. The maximum atomic E-state index is 2.34. The van der Waals surface area contributed by atoms with Gasteiger partial charge in [0.25, 0.3) is 0 Å². The summed E-state index contributed by atoms with van der Waals surface area (Å²) in [5.41, 5.74) is 3.01. The third-order valence-corrected chi connectivity index (χ3v) is 2.00. The molecule has 0 aromatic rings. The Balaban J connectivity index is 2.70. The van der Waals surface area contributed by atoms with Gasteiger partial charge in [-0.1, -0.05) is 37.1 Å². The van der Waals surface area contributed by atoms with Gasteiger partial charge in [0.1, 0.15) is 0 Å². The van der Waals surface area contributed by atoms with Crippen LogP contribution in [0.2, 0.25) is 0 Å². The molecule has 1 aliphatic carbocycles. The Hall–Kier alpha value is -0.520. The molecule has 0 amide bonds. The molecule has 0 aliphatic heterocycles. The first-order chi connectivity index (χ1) is 4.24. The molecule has 0 aromatic heterocycles. The van der Waals surface area contributed by atoms with Crippen molar-refractivity contribution in [3.05, 3.63) is 23.3 Å². The lowest BCUT2D eigenvalue weighted by Gasteiger charge is -1.96. The van der Waals surface area contributed by atoms with E-state index in [-0.39, 0.29) is 0 Å². The average Bonchev–Trinajstić information content (AvgIpc) is 2.13. The number of allylic oxidation sites excluding steroid dienone is 4. The van der Waals surface area contributed by atoms with Crippen molar-refractivity contribution in [2.24, 2.45) is 5.92 Å². The van der Waals surface area contributed by atoms with E-state index < -0.39 is 0 Å². The largest absolute Gasteiger partial charge is 0.0744 e. The first kappa shape index (κ1) is 6.60. The van der Waals surface area contributed by atoms with E-state index >= 15 is 0 Å². The molecule has 50 valence electrons. The van der Waals surface area contributed by atoms with E-state index in [1.807, 2.05) is 0 Å². The molecule has 0 saturated heterocycles. The summed E-state index contributed by atoms with van der Waals surface area (Å²) in [6.07, 6.45) is 5.82. The van der Waals surface area contributed by atoms with Crippen molar-refractivity contribution in [1.29, 1.82) is 0 Å². The van der Waals surface area contributed by atoms with E-state index in [1.165, 1.54) is 17.6 Å². The van der Waals surface area contributed by atoms with E-state index in [4.69, 9.17) is 0 Å². The van der Waals surface area contributed by atoms with Crippen molar-refractivity contribution in [2.45, 2.75) is 27.2 Å². The second-order valence-electron chi connectivity index (χ2n) is 2.77. The summed E-state index contributed by atoms with van der Waals surface area (Å²) in [5, 5.41) is 0. The lowest BCUT2D eigenvalue weighted by atomic mass is 10.1. The van der Waals surface area contributed by atoms with E-state index in [1.54, 1.807) is 0 Å². The maximum absolute atomic E-state index is 2.34. The number of hydrogen-bond acceptors (Lipinski definition) is 0. The minimum absolute atomic E-state index is 0.694. The summed E-state index contributed by atoms with van der Waals surface area (Å²) in [7, 11) is 0. The fourth-order valence-electron chi connectivity index (χ4n) is 1.14. The Bertz CT molecular complexity index is 161. The molecule has 9 heavy (non-hydrogen) atoms. The number of rotatable bonds is 1. The molecule has 0 unspecified atom stereocenters.